The zero-order valence-corrected chi connectivity index (χ0v) is 9.11. The van der Waals surface area contributed by atoms with Crippen LogP contribution in [0.3, 0.4) is 0 Å². The fourth-order valence-electron chi connectivity index (χ4n) is 2.18. The van der Waals surface area contributed by atoms with E-state index in [0.717, 1.165) is 19.5 Å². The van der Waals surface area contributed by atoms with E-state index in [0.29, 0.717) is 5.69 Å². The molecular weight excluding hydrogens is 186 g/mol. The van der Waals surface area contributed by atoms with Crippen LogP contribution in [0.25, 0.3) is 4.98 Å². The van der Waals surface area contributed by atoms with Crippen LogP contribution in [0.1, 0.15) is 25.3 Å². The van der Waals surface area contributed by atoms with Crippen LogP contribution in [0, 0.1) is 5.39 Å². The monoisotopic (exact) mass is 202 g/mol. The predicted molar refractivity (Wildman–Crippen MR) is 62.0 cm³/mol. The second-order valence-corrected chi connectivity index (χ2v) is 3.96. The third-order valence-corrected chi connectivity index (χ3v) is 3.01. The summed E-state index contributed by atoms with van der Waals surface area (Å²) in [6, 6.07) is 5.90. The summed E-state index contributed by atoms with van der Waals surface area (Å²) >= 11 is 0. The largest absolute Gasteiger partial charge is 0.385 e. The van der Waals surface area contributed by atoms with Gasteiger partial charge < -0.3 is 4.90 Å². The van der Waals surface area contributed by atoms with E-state index in [9.17, 15) is 0 Å². The van der Waals surface area contributed by atoms with E-state index in [1.807, 2.05) is 12.1 Å². The summed E-state index contributed by atoms with van der Waals surface area (Å²) in [5.74, 6) is 0. The Morgan fingerprint density at radius 2 is 2.07 bits per heavy atom. The first-order chi connectivity index (χ1) is 7.35. The molecular formula is C12H16N3+. The van der Waals surface area contributed by atoms with Gasteiger partial charge in [0.05, 0.1) is 0 Å². The normalized spacial score (nSPS) is 15.3. The van der Waals surface area contributed by atoms with Gasteiger partial charge in [-0.05, 0) is 30.9 Å². The Kier molecular flexibility index (Phi) is 2.86. The third-order valence-electron chi connectivity index (χ3n) is 3.01. The molecule has 0 bridgehead atoms. The highest BCUT2D eigenvalue weighted by Crippen LogP contribution is 2.28. The molecule has 1 aliphatic rings. The molecule has 1 heterocycles. The summed E-state index contributed by atoms with van der Waals surface area (Å²) in [6.07, 6.45) is 3.56. The maximum Gasteiger partial charge on any atom is 0.385 e. The molecule has 3 nitrogen and oxygen atoms in total. The van der Waals surface area contributed by atoms with Crippen LogP contribution in [0.15, 0.2) is 18.2 Å². The van der Waals surface area contributed by atoms with Crippen LogP contribution >= 0.6 is 0 Å². The lowest BCUT2D eigenvalue weighted by molar-refractivity contribution is 0.949. The van der Waals surface area contributed by atoms with Crippen molar-refractivity contribution in [2.45, 2.75) is 26.2 Å². The van der Waals surface area contributed by atoms with Crippen molar-refractivity contribution < 1.29 is 0 Å². The number of diazo groups is 1. The molecule has 3 heteroatoms. The Hall–Kier alpha value is -1.56. The number of nitrogens with zero attached hydrogens (tertiary/aromatic N) is 3. The van der Waals surface area contributed by atoms with Gasteiger partial charge in [0.1, 0.15) is 0 Å². The van der Waals surface area contributed by atoms with E-state index in [1.165, 1.54) is 24.1 Å². The molecule has 1 aromatic carbocycles. The van der Waals surface area contributed by atoms with E-state index in [4.69, 9.17) is 5.39 Å². The van der Waals surface area contributed by atoms with Crippen LogP contribution in [0.2, 0.25) is 0 Å². The molecule has 1 aromatic rings. The van der Waals surface area contributed by atoms with Crippen LogP contribution in [0.4, 0.5) is 11.4 Å². The van der Waals surface area contributed by atoms with Gasteiger partial charge in [-0.3, -0.25) is 0 Å². The molecule has 1 aliphatic heterocycles. The standard InChI is InChI=1S/C12H16N3/c1-2-10-9-11(14-13)5-6-12(10)15-7-3-4-8-15/h5-6,9H,2-4,7-8H2,1H3/q+1. The van der Waals surface area contributed by atoms with Crippen LogP contribution in [0.5, 0.6) is 0 Å². The van der Waals surface area contributed by atoms with Crippen molar-refractivity contribution in [3.63, 3.8) is 0 Å². The van der Waals surface area contributed by atoms with Gasteiger partial charge in [-0.1, -0.05) is 6.92 Å². The summed E-state index contributed by atoms with van der Waals surface area (Å²) in [5.41, 5.74) is 3.23. The maximum atomic E-state index is 8.73. The van der Waals surface area contributed by atoms with Gasteiger partial charge in [-0.25, -0.2) is 0 Å². The Bertz CT molecular complexity index is 386. The highest BCUT2D eigenvalue weighted by atomic mass is 15.1. The zero-order chi connectivity index (χ0) is 10.7. The molecule has 0 amide bonds. The van der Waals surface area contributed by atoms with Crippen molar-refractivity contribution in [2.24, 2.45) is 0 Å². The van der Waals surface area contributed by atoms with Gasteiger partial charge in [0.25, 0.3) is 0 Å². The average molecular weight is 202 g/mol. The summed E-state index contributed by atoms with van der Waals surface area (Å²) < 4.78 is 0. The Morgan fingerprint density at radius 3 is 2.67 bits per heavy atom. The van der Waals surface area contributed by atoms with Crippen molar-refractivity contribution in [2.75, 3.05) is 18.0 Å². The van der Waals surface area contributed by atoms with Crippen molar-refractivity contribution in [3.05, 3.63) is 28.7 Å². The first kappa shape index (κ1) is 9.97. The Labute approximate surface area is 90.3 Å². The molecule has 0 saturated carbocycles. The molecule has 0 radical (unpaired) electrons. The van der Waals surface area contributed by atoms with Gasteiger partial charge in [0, 0.05) is 30.9 Å². The number of hydrogen-bond acceptors (Lipinski definition) is 2. The minimum Gasteiger partial charge on any atom is -0.371 e. The Morgan fingerprint density at radius 1 is 1.33 bits per heavy atom. The van der Waals surface area contributed by atoms with Crippen molar-refractivity contribution in [1.82, 2.24) is 0 Å². The van der Waals surface area contributed by atoms with Gasteiger partial charge in [0.2, 0.25) is 5.39 Å². The minimum atomic E-state index is 0.648. The number of rotatable bonds is 2. The van der Waals surface area contributed by atoms with Crippen molar-refractivity contribution in [1.29, 1.82) is 5.39 Å². The summed E-state index contributed by atoms with van der Waals surface area (Å²) in [5, 5.41) is 8.73. The Balaban J connectivity index is 2.34. The first-order valence-electron chi connectivity index (χ1n) is 5.58. The molecule has 2 rings (SSSR count). The molecule has 0 spiro atoms. The van der Waals surface area contributed by atoms with E-state index in [-0.39, 0.29) is 0 Å². The molecule has 78 valence electrons. The number of hydrogen-bond donors (Lipinski definition) is 0. The number of benzene rings is 1. The molecule has 0 unspecified atom stereocenters. The predicted octanol–water partition coefficient (Wildman–Crippen LogP) is 3.33. The van der Waals surface area contributed by atoms with E-state index < -0.39 is 0 Å². The fraction of sp³-hybridized carbons (Fsp3) is 0.500. The van der Waals surface area contributed by atoms with Crippen molar-refractivity contribution in [3.8, 4) is 0 Å². The van der Waals surface area contributed by atoms with Gasteiger partial charge in [-0.15, -0.1) is 0 Å². The molecule has 0 atom stereocenters. The molecule has 1 saturated heterocycles. The lowest BCUT2D eigenvalue weighted by Crippen LogP contribution is -2.18. The lowest BCUT2D eigenvalue weighted by atomic mass is 10.1. The van der Waals surface area contributed by atoms with E-state index >= 15 is 0 Å². The quantitative estimate of drug-likeness (QED) is 0.689. The topological polar surface area (TPSA) is 31.4 Å². The van der Waals surface area contributed by atoms with Crippen LogP contribution in [-0.4, -0.2) is 13.1 Å². The van der Waals surface area contributed by atoms with Crippen LogP contribution < -0.4 is 4.90 Å². The minimum absolute atomic E-state index is 0.648. The second-order valence-electron chi connectivity index (χ2n) is 3.96. The van der Waals surface area contributed by atoms with Gasteiger partial charge in [0.15, 0.2) is 4.98 Å². The summed E-state index contributed by atoms with van der Waals surface area (Å²) in [6.45, 7) is 4.45. The SMILES string of the molecule is CCc1cc([N+]#N)ccc1N1CCCC1. The molecule has 15 heavy (non-hydrogen) atoms. The summed E-state index contributed by atoms with van der Waals surface area (Å²) in [7, 11) is 0. The van der Waals surface area contributed by atoms with Crippen molar-refractivity contribution >= 4 is 11.4 Å². The van der Waals surface area contributed by atoms with E-state index in [2.05, 4.69) is 22.9 Å². The highest BCUT2D eigenvalue weighted by molar-refractivity contribution is 5.61. The average Bonchev–Trinajstić information content (AvgIpc) is 2.81. The lowest BCUT2D eigenvalue weighted by Gasteiger charge is -2.20. The van der Waals surface area contributed by atoms with Crippen LogP contribution in [-0.2, 0) is 6.42 Å². The highest BCUT2D eigenvalue weighted by Gasteiger charge is 2.17. The number of anilines is 1. The third kappa shape index (κ3) is 1.94. The maximum absolute atomic E-state index is 8.73. The van der Waals surface area contributed by atoms with Gasteiger partial charge in [-0.2, -0.15) is 0 Å². The molecule has 0 aromatic heterocycles. The fourth-order valence-corrected chi connectivity index (χ4v) is 2.18. The second kappa shape index (κ2) is 4.31. The van der Waals surface area contributed by atoms with E-state index in [1.54, 1.807) is 0 Å². The van der Waals surface area contributed by atoms with Gasteiger partial charge >= 0.3 is 5.69 Å². The number of aryl methyl sites for hydroxylation is 1. The molecule has 0 N–H and O–H groups in total. The summed E-state index contributed by atoms with van der Waals surface area (Å²) in [4.78, 5) is 5.65. The first-order valence-corrected chi connectivity index (χ1v) is 5.58. The molecule has 0 aliphatic carbocycles. The smallest absolute Gasteiger partial charge is 0.371 e. The zero-order valence-electron chi connectivity index (χ0n) is 9.11. The molecule has 1 fully saturated rings.